The van der Waals surface area contributed by atoms with Gasteiger partial charge in [-0.1, -0.05) is 54.6 Å². The highest BCUT2D eigenvalue weighted by Crippen LogP contribution is 2.32. The van der Waals surface area contributed by atoms with Crippen LogP contribution in [0.1, 0.15) is 0 Å². The van der Waals surface area contributed by atoms with Crippen molar-refractivity contribution in [3.05, 3.63) is 96.8 Å². The SMILES string of the molecule is CSc1ccccc1.Nc1ccc(-c2ccc(-c3nc4cc(O[C@@H]5COC6[C@H](O)CO[C@@H]65)[nH]c4cc3F)cc2)cc1. The van der Waals surface area contributed by atoms with Crippen molar-refractivity contribution >= 4 is 28.5 Å². The van der Waals surface area contributed by atoms with Crippen molar-refractivity contribution in [1.82, 2.24) is 9.97 Å². The van der Waals surface area contributed by atoms with Crippen molar-refractivity contribution in [3.63, 3.8) is 0 Å². The van der Waals surface area contributed by atoms with Crippen molar-refractivity contribution in [2.24, 2.45) is 0 Å². The maximum atomic E-state index is 14.9. The topological polar surface area (TPSA) is 103 Å². The first-order valence-corrected chi connectivity index (χ1v) is 14.5. The summed E-state index contributed by atoms with van der Waals surface area (Å²) in [5.41, 5.74) is 10.6. The molecule has 0 spiro atoms. The molecule has 2 saturated heterocycles. The number of benzene rings is 3. The van der Waals surface area contributed by atoms with Gasteiger partial charge in [-0.2, -0.15) is 0 Å². The van der Waals surface area contributed by atoms with Crippen LogP contribution in [0.25, 0.3) is 33.4 Å². The Bertz CT molecular complexity index is 1610. The van der Waals surface area contributed by atoms with E-state index in [4.69, 9.17) is 19.9 Å². The zero-order chi connectivity index (χ0) is 28.3. The Labute approximate surface area is 241 Å². The molecule has 2 aliphatic heterocycles. The van der Waals surface area contributed by atoms with E-state index in [1.165, 1.54) is 11.0 Å². The van der Waals surface area contributed by atoms with Gasteiger partial charge in [0.05, 0.1) is 24.2 Å². The molecule has 4 atom stereocenters. The Morgan fingerprint density at radius 1 is 0.902 bits per heavy atom. The van der Waals surface area contributed by atoms with Gasteiger partial charge in [-0.25, -0.2) is 9.37 Å². The van der Waals surface area contributed by atoms with Gasteiger partial charge >= 0.3 is 0 Å². The molecule has 210 valence electrons. The highest BCUT2D eigenvalue weighted by molar-refractivity contribution is 7.98. The minimum atomic E-state index is -0.643. The van der Waals surface area contributed by atoms with E-state index in [1.807, 2.05) is 66.7 Å². The molecule has 9 heteroatoms. The highest BCUT2D eigenvalue weighted by atomic mass is 32.2. The molecule has 1 unspecified atom stereocenters. The number of rotatable bonds is 5. The van der Waals surface area contributed by atoms with Crippen molar-refractivity contribution < 1.29 is 23.7 Å². The number of hydrogen-bond acceptors (Lipinski definition) is 7. The van der Waals surface area contributed by atoms with Crippen LogP contribution in [0.4, 0.5) is 10.1 Å². The van der Waals surface area contributed by atoms with Crippen LogP contribution in [0.3, 0.4) is 0 Å². The number of H-pyrrole nitrogens is 1. The number of aromatic nitrogens is 2. The van der Waals surface area contributed by atoms with Crippen LogP contribution < -0.4 is 10.5 Å². The summed E-state index contributed by atoms with van der Waals surface area (Å²) in [5.74, 6) is 0.0228. The molecule has 41 heavy (non-hydrogen) atoms. The normalized spacial score (nSPS) is 21.3. The summed E-state index contributed by atoms with van der Waals surface area (Å²) < 4.78 is 32.1. The average molecular weight is 572 g/mol. The number of aliphatic hydroxyl groups excluding tert-OH is 1. The van der Waals surface area contributed by atoms with Gasteiger partial charge in [0.15, 0.2) is 17.8 Å². The fraction of sp³-hybridized carbons (Fsp3) is 0.219. The molecule has 0 saturated carbocycles. The van der Waals surface area contributed by atoms with Gasteiger partial charge in [0.2, 0.25) is 0 Å². The molecule has 4 heterocycles. The van der Waals surface area contributed by atoms with Gasteiger partial charge < -0.3 is 30.0 Å². The molecule has 5 aromatic rings. The summed E-state index contributed by atoms with van der Waals surface area (Å²) >= 11 is 1.77. The van der Waals surface area contributed by atoms with E-state index >= 15 is 0 Å². The fourth-order valence-corrected chi connectivity index (χ4v) is 5.46. The number of anilines is 1. The number of nitrogen functional groups attached to an aromatic ring is 1. The van der Waals surface area contributed by atoms with Crippen LogP contribution in [0.5, 0.6) is 5.88 Å². The molecule has 2 aliphatic rings. The maximum absolute atomic E-state index is 14.9. The van der Waals surface area contributed by atoms with Gasteiger partial charge in [-0.15, -0.1) is 11.8 Å². The molecule has 0 amide bonds. The Morgan fingerprint density at radius 3 is 2.24 bits per heavy atom. The van der Waals surface area contributed by atoms with Crippen LogP contribution >= 0.6 is 11.8 Å². The summed E-state index contributed by atoms with van der Waals surface area (Å²) in [6, 6.07) is 28.7. The predicted molar refractivity (Wildman–Crippen MR) is 159 cm³/mol. The second-order valence-electron chi connectivity index (χ2n) is 9.92. The van der Waals surface area contributed by atoms with Crippen molar-refractivity contribution in [1.29, 1.82) is 0 Å². The van der Waals surface area contributed by atoms with Crippen molar-refractivity contribution in [3.8, 4) is 28.3 Å². The van der Waals surface area contributed by atoms with Crippen LogP contribution in [-0.4, -0.2) is 59.0 Å². The number of nitrogens with zero attached hydrogens (tertiary/aromatic N) is 1. The van der Waals surface area contributed by atoms with Crippen molar-refractivity contribution in [2.75, 3.05) is 25.2 Å². The van der Waals surface area contributed by atoms with Crippen molar-refractivity contribution in [2.45, 2.75) is 29.3 Å². The van der Waals surface area contributed by atoms with Crippen LogP contribution in [-0.2, 0) is 9.47 Å². The molecule has 7 rings (SSSR count). The Morgan fingerprint density at radius 2 is 1.56 bits per heavy atom. The van der Waals surface area contributed by atoms with E-state index < -0.39 is 11.9 Å². The van der Waals surface area contributed by atoms with Gasteiger partial charge in [-0.05, 0) is 41.6 Å². The highest BCUT2D eigenvalue weighted by Gasteiger charge is 2.48. The Hall–Kier alpha value is -3.89. The third-order valence-corrected chi connectivity index (χ3v) is 7.92. The first-order chi connectivity index (χ1) is 20.0. The van der Waals surface area contributed by atoms with Crippen LogP contribution in [0.15, 0.2) is 95.9 Å². The first-order valence-electron chi connectivity index (χ1n) is 13.3. The number of pyridine rings is 1. The lowest BCUT2D eigenvalue weighted by Gasteiger charge is -2.16. The average Bonchev–Trinajstić information content (AvgIpc) is 3.70. The lowest BCUT2D eigenvalue weighted by atomic mass is 10.0. The molecular weight excluding hydrogens is 541 g/mol. The Kier molecular flexibility index (Phi) is 7.93. The molecule has 0 radical (unpaired) electrons. The summed E-state index contributed by atoms with van der Waals surface area (Å²) in [6.07, 6.45) is 0.375. The summed E-state index contributed by atoms with van der Waals surface area (Å²) in [5, 5.41) is 9.89. The minimum Gasteiger partial charge on any atom is -0.470 e. The number of hydrogen-bond donors (Lipinski definition) is 3. The predicted octanol–water partition coefficient (Wildman–Crippen LogP) is 5.93. The van der Waals surface area contributed by atoms with Gasteiger partial charge in [0.25, 0.3) is 0 Å². The van der Waals surface area contributed by atoms with Crippen LogP contribution in [0.2, 0.25) is 0 Å². The largest absolute Gasteiger partial charge is 0.470 e. The molecule has 7 nitrogen and oxygen atoms in total. The third kappa shape index (κ3) is 5.94. The first kappa shape index (κ1) is 27.3. The number of nitrogens with two attached hydrogens (primary N) is 1. The van der Waals surface area contributed by atoms with Gasteiger partial charge in [-0.3, -0.25) is 0 Å². The standard InChI is InChI=1S/C25H22FN3O4.C7H8S/c26-17-9-18-19(10-22(28-18)33-21-12-32-24-20(30)11-31-25(21)24)29-23(17)15-3-1-13(2-4-15)14-5-7-16(27)8-6-14;1-8-7-5-3-2-4-6-7/h1-10,20-21,24-25,28,30H,11-12,27H2;2-6H,1H3/t20-,21-,24?,25-;/m1./s1. The molecule has 2 fully saturated rings. The van der Waals surface area contributed by atoms with Gasteiger partial charge in [0.1, 0.15) is 24.0 Å². The number of nitrogens with one attached hydrogen (secondary N) is 1. The molecule has 0 bridgehead atoms. The summed E-state index contributed by atoms with van der Waals surface area (Å²) in [6.45, 7) is 0.546. The molecule has 2 aromatic heterocycles. The minimum absolute atomic E-state index is 0.231. The number of halogens is 1. The van der Waals surface area contributed by atoms with Crippen LogP contribution in [0, 0.1) is 5.82 Å². The maximum Gasteiger partial charge on any atom is 0.193 e. The zero-order valence-electron chi connectivity index (χ0n) is 22.4. The smallest absolute Gasteiger partial charge is 0.193 e. The van der Waals surface area contributed by atoms with E-state index in [2.05, 4.69) is 28.4 Å². The monoisotopic (exact) mass is 571 g/mol. The third-order valence-electron chi connectivity index (χ3n) is 7.17. The second-order valence-corrected chi connectivity index (χ2v) is 10.8. The lowest BCUT2D eigenvalue weighted by Crippen LogP contribution is -2.34. The quantitative estimate of drug-likeness (QED) is 0.177. The summed E-state index contributed by atoms with van der Waals surface area (Å²) in [7, 11) is 0. The van der Waals surface area contributed by atoms with E-state index in [9.17, 15) is 9.50 Å². The molecule has 0 aliphatic carbocycles. The number of fused-ring (bicyclic) bond motifs is 2. The molecule has 4 N–H and O–H groups in total. The zero-order valence-corrected chi connectivity index (χ0v) is 23.2. The van der Waals surface area contributed by atoms with Gasteiger partial charge in [0, 0.05) is 28.3 Å². The number of aromatic amines is 1. The van der Waals surface area contributed by atoms with E-state index in [0.29, 0.717) is 34.8 Å². The van der Waals surface area contributed by atoms with E-state index in [1.54, 1.807) is 17.8 Å². The molecule has 3 aromatic carbocycles. The number of ether oxygens (including phenoxy) is 3. The van der Waals surface area contributed by atoms with E-state index in [-0.39, 0.29) is 30.6 Å². The lowest BCUT2D eigenvalue weighted by molar-refractivity contribution is 0.00794. The molecular formula is C32H30FN3O4S. The number of aliphatic hydroxyl groups is 1. The second kappa shape index (κ2) is 11.9. The van der Waals surface area contributed by atoms with E-state index in [0.717, 1.165) is 11.1 Å². The summed E-state index contributed by atoms with van der Waals surface area (Å²) in [4.78, 5) is 8.91. The fourth-order valence-electron chi connectivity index (χ4n) is 5.03. The number of thioether (sulfide) groups is 1. The Balaban J connectivity index is 0.000000328.